The average molecular weight is 369 g/mol. The van der Waals surface area contributed by atoms with Crippen molar-refractivity contribution in [2.75, 3.05) is 12.4 Å². The molecule has 5 heteroatoms. The van der Waals surface area contributed by atoms with Crippen LogP contribution >= 0.6 is 0 Å². The molecule has 0 atom stereocenters. The number of amides is 1. The van der Waals surface area contributed by atoms with Crippen LogP contribution in [0.15, 0.2) is 72.9 Å². The molecule has 2 aromatic carbocycles. The lowest BCUT2D eigenvalue weighted by Gasteiger charge is -2.13. The molecule has 5 nitrogen and oxygen atoms in total. The summed E-state index contributed by atoms with van der Waals surface area (Å²) in [5.74, 6) is 0.391. The van der Waals surface area contributed by atoms with Gasteiger partial charge >= 0.3 is 0 Å². The zero-order valence-electron chi connectivity index (χ0n) is 15.6. The average Bonchev–Trinajstić information content (AvgIpc) is 2.73. The Kier molecular flexibility index (Phi) is 4.72. The van der Waals surface area contributed by atoms with Crippen LogP contribution in [0.1, 0.15) is 15.9 Å². The first-order valence-corrected chi connectivity index (χ1v) is 8.93. The van der Waals surface area contributed by atoms with E-state index in [-0.39, 0.29) is 5.91 Å². The molecule has 0 aliphatic heterocycles. The van der Waals surface area contributed by atoms with Crippen molar-refractivity contribution >= 4 is 22.5 Å². The first-order chi connectivity index (χ1) is 13.7. The number of hydrogen-bond donors (Lipinski definition) is 1. The zero-order chi connectivity index (χ0) is 19.5. The molecule has 0 aliphatic rings. The predicted octanol–water partition coefficient (Wildman–Crippen LogP) is 4.87. The molecule has 0 saturated heterocycles. The minimum Gasteiger partial charge on any atom is -0.495 e. The van der Waals surface area contributed by atoms with Crippen LogP contribution in [-0.4, -0.2) is 23.0 Å². The van der Waals surface area contributed by atoms with Gasteiger partial charge in [-0.3, -0.25) is 9.78 Å². The summed E-state index contributed by atoms with van der Waals surface area (Å²) in [6.45, 7) is 1.97. The van der Waals surface area contributed by atoms with Gasteiger partial charge in [0.2, 0.25) is 0 Å². The Balaban J connectivity index is 1.81. The van der Waals surface area contributed by atoms with E-state index in [9.17, 15) is 4.79 Å². The van der Waals surface area contributed by atoms with Crippen LogP contribution in [0.5, 0.6) is 5.75 Å². The van der Waals surface area contributed by atoms with Gasteiger partial charge in [0.1, 0.15) is 5.75 Å². The van der Waals surface area contributed by atoms with E-state index < -0.39 is 0 Å². The van der Waals surface area contributed by atoms with Gasteiger partial charge in [-0.2, -0.15) is 0 Å². The van der Waals surface area contributed by atoms with E-state index in [1.54, 1.807) is 19.4 Å². The van der Waals surface area contributed by atoms with Crippen LogP contribution < -0.4 is 10.1 Å². The molecule has 0 bridgehead atoms. The number of ether oxygens (including phenoxy) is 1. The minimum atomic E-state index is -0.223. The number of benzene rings is 2. The monoisotopic (exact) mass is 369 g/mol. The van der Waals surface area contributed by atoms with Gasteiger partial charge < -0.3 is 10.1 Å². The SMILES string of the molecule is COc1ccc(C)cc1NC(=O)c1cc(-c2ccccn2)nc2ccccc12. The molecule has 4 aromatic rings. The van der Waals surface area contributed by atoms with Crippen LogP contribution in [0, 0.1) is 6.92 Å². The lowest BCUT2D eigenvalue weighted by Crippen LogP contribution is -2.14. The van der Waals surface area contributed by atoms with E-state index in [1.807, 2.05) is 67.6 Å². The van der Waals surface area contributed by atoms with E-state index in [4.69, 9.17) is 4.74 Å². The largest absolute Gasteiger partial charge is 0.495 e. The molecule has 0 saturated carbocycles. The third-order valence-corrected chi connectivity index (χ3v) is 4.49. The quantitative estimate of drug-likeness (QED) is 0.558. The molecule has 4 rings (SSSR count). The van der Waals surface area contributed by atoms with Gasteiger partial charge in [-0.1, -0.05) is 30.3 Å². The fourth-order valence-corrected chi connectivity index (χ4v) is 3.12. The maximum atomic E-state index is 13.2. The number of pyridine rings is 2. The third-order valence-electron chi connectivity index (χ3n) is 4.49. The van der Waals surface area contributed by atoms with Crippen molar-refractivity contribution in [1.29, 1.82) is 0 Å². The number of rotatable bonds is 4. The molecular formula is C23H19N3O2. The van der Waals surface area contributed by atoms with Gasteiger partial charge in [0.25, 0.3) is 5.91 Å². The second-order valence-electron chi connectivity index (χ2n) is 6.45. The molecule has 0 radical (unpaired) electrons. The highest BCUT2D eigenvalue weighted by Gasteiger charge is 2.16. The lowest BCUT2D eigenvalue weighted by atomic mass is 10.1. The van der Waals surface area contributed by atoms with Crippen LogP contribution in [-0.2, 0) is 0 Å². The van der Waals surface area contributed by atoms with Crippen molar-refractivity contribution in [3.63, 3.8) is 0 Å². The van der Waals surface area contributed by atoms with Gasteiger partial charge in [-0.25, -0.2) is 4.98 Å². The molecule has 0 fully saturated rings. The predicted molar refractivity (Wildman–Crippen MR) is 111 cm³/mol. The number of carbonyl (C=O) groups is 1. The molecule has 2 aromatic heterocycles. The van der Waals surface area contributed by atoms with E-state index in [0.717, 1.165) is 22.2 Å². The van der Waals surface area contributed by atoms with E-state index in [2.05, 4.69) is 15.3 Å². The molecule has 2 heterocycles. The Hall–Kier alpha value is -3.73. The Morgan fingerprint density at radius 2 is 1.79 bits per heavy atom. The van der Waals surface area contributed by atoms with Gasteiger partial charge in [0.15, 0.2) is 0 Å². The molecule has 1 amide bonds. The number of carbonyl (C=O) groups excluding carboxylic acids is 1. The number of methoxy groups -OCH3 is 1. The summed E-state index contributed by atoms with van der Waals surface area (Å²) in [6, 6.07) is 20.7. The number of nitrogens with zero attached hydrogens (tertiary/aromatic N) is 2. The number of anilines is 1. The van der Waals surface area contributed by atoms with E-state index in [1.165, 1.54) is 0 Å². The molecule has 138 valence electrons. The maximum absolute atomic E-state index is 13.2. The highest BCUT2D eigenvalue weighted by atomic mass is 16.5. The molecule has 0 unspecified atom stereocenters. The van der Waals surface area contributed by atoms with Gasteiger partial charge in [0.05, 0.1) is 35.3 Å². The van der Waals surface area contributed by atoms with Crippen molar-refractivity contribution in [3.05, 3.63) is 84.1 Å². The number of nitrogens with one attached hydrogen (secondary N) is 1. The second kappa shape index (κ2) is 7.48. The van der Waals surface area contributed by atoms with Crippen LogP contribution in [0.3, 0.4) is 0 Å². The Morgan fingerprint density at radius 1 is 0.964 bits per heavy atom. The van der Waals surface area contributed by atoms with Crippen molar-refractivity contribution in [2.45, 2.75) is 6.92 Å². The Labute approximate surface area is 163 Å². The second-order valence-corrected chi connectivity index (χ2v) is 6.45. The third kappa shape index (κ3) is 3.42. The van der Waals surface area contributed by atoms with Gasteiger partial charge in [0, 0.05) is 11.6 Å². The molecule has 0 spiro atoms. The number of hydrogen-bond acceptors (Lipinski definition) is 4. The first kappa shape index (κ1) is 17.7. The summed E-state index contributed by atoms with van der Waals surface area (Å²) in [4.78, 5) is 22.2. The molecule has 1 N–H and O–H groups in total. The molecule has 28 heavy (non-hydrogen) atoms. The fraction of sp³-hybridized carbons (Fsp3) is 0.0870. The zero-order valence-corrected chi connectivity index (χ0v) is 15.6. The summed E-state index contributed by atoms with van der Waals surface area (Å²) in [5, 5.41) is 3.76. The van der Waals surface area contributed by atoms with Gasteiger partial charge in [-0.15, -0.1) is 0 Å². The molecular weight excluding hydrogens is 350 g/mol. The van der Waals surface area contributed by atoms with Crippen molar-refractivity contribution < 1.29 is 9.53 Å². The summed E-state index contributed by atoms with van der Waals surface area (Å²) in [6.07, 6.45) is 1.71. The standard InChI is InChI=1S/C23H19N3O2/c1-15-10-11-22(28-2)21(13-15)26-23(27)17-14-20(19-9-5-6-12-24-19)25-18-8-4-3-7-16(17)18/h3-14H,1-2H3,(H,26,27). The lowest BCUT2D eigenvalue weighted by molar-refractivity contribution is 0.102. The van der Waals surface area contributed by atoms with Crippen LogP contribution in [0.4, 0.5) is 5.69 Å². The topological polar surface area (TPSA) is 64.1 Å². The summed E-state index contributed by atoms with van der Waals surface area (Å²) < 4.78 is 5.38. The number of para-hydroxylation sites is 1. The maximum Gasteiger partial charge on any atom is 0.256 e. The number of aryl methyl sites for hydroxylation is 1. The van der Waals surface area contributed by atoms with Crippen LogP contribution in [0.25, 0.3) is 22.3 Å². The van der Waals surface area contributed by atoms with E-state index >= 15 is 0 Å². The Bertz CT molecular complexity index is 1160. The van der Waals surface area contributed by atoms with Crippen molar-refractivity contribution in [1.82, 2.24) is 9.97 Å². The summed E-state index contributed by atoms with van der Waals surface area (Å²) in [7, 11) is 1.58. The smallest absolute Gasteiger partial charge is 0.256 e. The Morgan fingerprint density at radius 3 is 2.57 bits per heavy atom. The van der Waals surface area contributed by atoms with Gasteiger partial charge in [-0.05, 0) is 48.9 Å². The number of aromatic nitrogens is 2. The fourth-order valence-electron chi connectivity index (χ4n) is 3.12. The summed E-state index contributed by atoms with van der Waals surface area (Å²) >= 11 is 0. The van der Waals surface area contributed by atoms with Crippen molar-refractivity contribution in [3.8, 4) is 17.1 Å². The van der Waals surface area contributed by atoms with Crippen molar-refractivity contribution in [2.24, 2.45) is 0 Å². The highest BCUT2D eigenvalue weighted by Crippen LogP contribution is 2.28. The van der Waals surface area contributed by atoms with E-state index in [0.29, 0.717) is 22.7 Å². The summed E-state index contributed by atoms with van der Waals surface area (Å²) in [5.41, 5.74) is 4.32. The highest BCUT2D eigenvalue weighted by molar-refractivity contribution is 6.13. The molecule has 0 aliphatic carbocycles. The van der Waals surface area contributed by atoms with Crippen LogP contribution in [0.2, 0.25) is 0 Å². The first-order valence-electron chi connectivity index (χ1n) is 8.93. The normalized spacial score (nSPS) is 10.6. The number of fused-ring (bicyclic) bond motifs is 1. The minimum absolute atomic E-state index is 0.223.